The quantitative estimate of drug-likeness (QED) is 0.947. The molecule has 1 aromatic carbocycles. The monoisotopic (exact) mass is 305 g/mol. The van der Waals surface area contributed by atoms with Crippen LogP contribution in [0.1, 0.15) is 25.3 Å². The number of pyridine rings is 1. The van der Waals surface area contributed by atoms with Gasteiger partial charge >= 0.3 is 0 Å². The largest absolute Gasteiger partial charge is 0.329 e. The van der Waals surface area contributed by atoms with E-state index in [0.717, 1.165) is 31.1 Å². The highest BCUT2D eigenvalue weighted by molar-refractivity contribution is 5.85. The Balaban J connectivity index is 0.00000161. The molecule has 0 saturated carbocycles. The number of nitrogens with zero attached hydrogens (tertiary/aromatic N) is 2. The predicted molar refractivity (Wildman–Crippen MR) is 90.6 cm³/mol. The van der Waals surface area contributed by atoms with E-state index < -0.39 is 0 Å². The van der Waals surface area contributed by atoms with Gasteiger partial charge in [-0.05, 0) is 49.1 Å². The normalized spacial score (nSPS) is 23.0. The molecule has 2 heterocycles. The van der Waals surface area contributed by atoms with Crippen molar-refractivity contribution in [1.29, 1.82) is 0 Å². The third-order valence-corrected chi connectivity index (χ3v) is 4.43. The third kappa shape index (κ3) is 3.73. The summed E-state index contributed by atoms with van der Waals surface area (Å²) in [7, 11) is 0. The summed E-state index contributed by atoms with van der Waals surface area (Å²) in [5.74, 6) is 0.806. The van der Waals surface area contributed by atoms with E-state index in [2.05, 4.69) is 41.1 Å². The van der Waals surface area contributed by atoms with Crippen LogP contribution in [0.5, 0.6) is 0 Å². The molecule has 1 saturated heterocycles. The lowest BCUT2D eigenvalue weighted by atomic mass is 9.92. The molecule has 0 bridgehead atoms. The molecule has 1 aliphatic heterocycles. The van der Waals surface area contributed by atoms with E-state index >= 15 is 0 Å². The van der Waals surface area contributed by atoms with Crippen LogP contribution >= 0.6 is 12.4 Å². The average molecular weight is 306 g/mol. The molecule has 3 rings (SSSR count). The molecule has 0 radical (unpaired) electrons. The van der Waals surface area contributed by atoms with Crippen LogP contribution in [0.2, 0.25) is 0 Å². The number of rotatable bonds is 3. The molecule has 1 aromatic heterocycles. The second-order valence-electron chi connectivity index (χ2n) is 6.02. The van der Waals surface area contributed by atoms with Gasteiger partial charge in [0.25, 0.3) is 0 Å². The zero-order valence-electron chi connectivity index (χ0n) is 12.5. The number of hydrogen-bond donors (Lipinski definition) is 1. The maximum absolute atomic E-state index is 5.95. The van der Waals surface area contributed by atoms with Crippen LogP contribution in [0.25, 0.3) is 10.9 Å². The smallest absolute Gasteiger partial charge is 0.0702 e. The highest BCUT2D eigenvalue weighted by Gasteiger charge is 2.25. The molecule has 4 heteroatoms. The topological polar surface area (TPSA) is 42.2 Å². The average Bonchev–Trinajstić information content (AvgIpc) is 2.49. The molecule has 3 nitrogen and oxygen atoms in total. The Kier molecular flexibility index (Phi) is 5.57. The Morgan fingerprint density at radius 1 is 1.33 bits per heavy atom. The second kappa shape index (κ2) is 7.21. The zero-order valence-corrected chi connectivity index (χ0v) is 13.4. The fourth-order valence-electron chi connectivity index (χ4n) is 3.21. The van der Waals surface area contributed by atoms with Crippen molar-refractivity contribution in [1.82, 2.24) is 9.88 Å². The van der Waals surface area contributed by atoms with Gasteiger partial charge in [0.05, 0.1) is 5.52 Å². The molecule has 1 aliphatic rings. The van der Waals surface area contributed by atoms with Crippen LogP contribution in [-0.2, 0) is 6.54 Å². The summed E-state index contributed by atoms with van der Waals surface area (Å²) < 4.78 is 0. The summed E-state index contributed by atoms with van der Waals surface area (Å²) in [5, 5.41) is 1.22. The number of aromatic nitrogens is 1. The summed E-state index contributed by atoms with van der Waals surface area (Å²) >= 11 is 0. The van der Waals surface area contributed by atoms with Gasteiger partial charge in [-0.1, -0.05) is 19.1 Å². The molecule has 0 spiro atoms. The second-order valence-corrected chi connectivity index (χ2v) is 6.02. The SMILES string of the molecule is CC1CCN(Cc2ccc3ncccc3c2)C(CN)C1.Cl. The summed E-state index contributed by atoms with van der Waals surface area (Å²) in [6, 6.07) is 11.2. The van der Waals surface area contributed by atoms with Crippen molar-refractivity contribution in [2.75, 3.05) is 13.1 Å². The van der Waals surface area contributed by atoms with Crippen molar-refractivity contribution < 1.29 is 0 Å². The fourth-order valence-corrected chi connectivity index (χ4v) is 3.21. The van der Waals surface area contributed by atoms with E-state index in [4.69, 9.17) is 5.73 Å². The molecule has 2 aromatic rings. The Hall–Kier alpha value is -1.16. The van der Waals surface area contributed by atoms with Crippen LogP contribution in [0.3, 0.4) is 0 Å². The maximum Gasteiger partial charge on any atom is 0.0702 e. The lowest BCUT2D eigenvalue weighted by molar-refractivity contribution is 0.115. The van der Waals surface area contributed by atoms with Crippen molar-refractivity contribution in [2.45, 2.75) is 32.4 Å². The summed E-state index contributed by atoms with van der Waals surface area (Å²) in [4.78, 5) is 6.92. The molecule has 21 heavy (non-hydrogen) atoms. The van der Waals surface area contributed by atoms with Gasteiger partial charge in [-0.3, -0.25) is 9.88 Å². The van der Waals surface area contributed by atoms with E-state index in [1.807, 2.05) is 12.3 Å². The van der Waals surface area contributed by atoms with E-state index in [-0.39, 0.29) is 12.4 Å². The van der Waals surface area contributed by atoms with Gasteiger partial charge in [-0.2, -0.15) is 0 Å². The fraction of sp³-hybridized carbons (Fsp3) is 0.471. The van der Waals surface area contributed by atoms with Gasteiger partial charge in [0.1, 0.15) is 0 Å². The van der Waals surface area contributed by atoms with Crippen molar-refractivity contribution in [3.8, 4) is 0 Å². The molecular weight excluding hydrogens is 282 g/mol. The number of hydrogen-bond acceptors (Lipinski definition) is 3. The van der Waals surface area contributed by atoms with Crippen molar-refractivity contribution in [3.05, 3.63) is 42.1 Å². The molecule has 2 N–H and O–H groups in total. The maximum atomic E-state index is 5.95. The lowest BCUT2D eigenvalue weighted by Crippen LogP contribution is -2.45. The summed E-state index contributed by atoms with van der Waals surface area (Å²) in [6.45, 7) is 5.26. The van der Waals surface area contributed by atoms with Gasteiger partial charge in [0.2, 0.25) is 0 Å². The Bertz CT molecular complexity index is 587. The molecule has 1 fully saturated rings. The van der Waals surface area contributed by atoms with Crippen LogP contribution in [0.4, 0.5) is 0 Å². The first-order chi connectivity index (χ1) is 9.76. The standard InChI is InChI=1S/C17H23N3.ClH/c1-13-6-8-20(16(9-13)11-18)12-14-4-5-17-15(10-14)3-2-7-19-17;/h2-5,7,10,13,16H,6,8-9,11-12,18H2,1H3;1H. The van der Waals surface area contributed by atoms with Gasteiger partial charge < -0.3 is 5.73 Å². The van der Waals surface area contributed by atoms with Crippen LogP contribution in [0, 0.1) is 5.92 Å². The molecule has 2 unspecified atom stereocenters. The van der Waals surface area contributed by atoms with Crippen LogP contribution in [-0.4, -0.2) is 29.0 Å². The molecule has 0 amide bonds. The summed E-state index contributed by atoms with van der Waals surface area (Å²) in [6.07, 6.45) is 4.36. The minimum absolute atomic E-state index is 0. The van der Waals surface area contributed by atoms with Gasteiger partial charge in [-0.25, -0.2) is 0 Å². The highest BCUT2D eigenvalue weighted by atomic mass is 35.5. The first-order valence-corrected chi connectivity index (χ1v) is 7.54. The minimum atomic E-state index is 0. The molecule has 2 atom stereocenters. The third-order valence-electron chi connectivity index (χ3n) is 4.43. The highest BCUT2D eigenvalue weighted by Crippen LogP contribution is 2.24. The number of halogens is 1. The van der Waals surface area contributed by atoms with Gasteiger partial charge in [0.15, 0.2) is 0 Å². The van der Waals surface area contributed by atoms with Crippen molar-refractivity contribution in [3.63, 3.8) is 0 Å². The first-order valence-electron chi connectivity index (χ1n) is 7.54. The minimum Gasteiger partial charge on any atom is -0.329 e. The number of benzene rings is 1. The van der Waals surface area contributed by atoms with Crippen molar-refractivity contribution >= 4 is 23.3 Å². The molecular formula is C17H24ClN3. The van der Waals surface area contributed by atoms with E-state index in [0.29, 0.717) is 6.04 Å². The van der Waals surface area contributed by atoms with Gasteiger partial charge in [0, 0.05) is 30.7 Å². The van der Waals surface area contributed by atoms with Crippen LogP contribution in [0.15, 0.2) is 36.5 Å². The van der Waals surface area contributed by atoms with Gasteiger partial charge in [-0.15, -0.1) is 12.4 Å². The zero-order chi connectivity index (χ0) is 13.9. The Morgan fingerprint density at radius 2 is 2.19 bits per heavy atom. The lowest BCUT2D eigenvalue weighted by Gasteiger charge is -2.38. The predicted octanol–water partition coefficient (Wildman–Crippen LogP) is 3.22. The number of likely N-dealkylation sites (tertiary alicyclic amines) is 1. The first kappa shape index (κ1) is 16.2. The molecule has 0 aliphatic carbocycles. The van der Waals surface area contributed by atoms with Crippen molar-refractivity contribution in [2.24, 2.45) is 11.7 Å². The van der Waals surface area contributed by atoms with E-state index in [9.17, 15) is 0 Å². The Morgan fingerprint density at radius 3 is 3.00 bits per heavy atom. The van der Waals surface area contributed by atoms with E-state index in [1.54, 1.807) is 0 Å². The number of piperidine rings is 1. The van der Waals surface area contributed by atoms with Crippen LogP contribution < -0.4 is 5.73 Å². The Labute approximate surface area is 132 Å². The summed E-state index contributed by atoms with van der Waals surface area (Å²) in [5.41, 5.74) is 8.38. The molecule has 114 valence electrons. The number of fused-ring (bicyclic) bond motifs is 1. The van der Waals surface area contributed by atoms with E-state index in [1.165, 1.54) is 23.8 Å². The number of nitrogens with two attached hydrogens (primary N) is 1.